The second-order valence-electron chi connectivity index (χ2n) is 5.74. The lowest BCUT2D eigenvalue weighted by Crippen LogP contribution is -2.28. The van der Waals surface area contributed by atoms with Crippen LogP contribution in [0.3, 0.4) is 0 Å². The summed E-state index contributed by atoms with van der Waals surface area (Å²) in [5.74, 6) is 0.841. The highest BCUT2D eigenvalue weighted by molar-refractivity contribution is 5.98. The molecule has 3 heteroatoms. The molecule has 1 aliphatic carbocycles. The first kappa shape index (κ1) is 14.6. The van der Waals surface area contributed by atoms with E-state index in [9.17, 15) is 0 Å². The van der Waals surface area contributed by atoms with Crippen molar-refractivity contribution in [2.24, 2.45) is 5.10 Å². The standard InChI is InChI=1S/C19H22N2O/c1-14(17-12-11-16-7-6-8-18(16)13-17)20-21-15(2)22-19-9-4-3-5-10-19/h3-5,9-13,15,21H,6-8H2,1-2H3/b20-14-/t15-/m1/s1. The predicted molar refractivity (Wildman–Crippen MR) is 90.3 cm³/mol. The van der Waals surface area contributed by atoms with Crippen molar-refractivity contribution in [2.75, 3.05) is 0 Å². The third kappa shape index (κ3) is 3.48. The smallest absolute Gasteiger partial charge is 0.181 e. The predicted octanol–water partition coefficient (Wildman–Crippen LogP) is 3.91. The molecule has 2 aromatic rings. The van der Waals surface area contributed by atoms with Gasteiger partial charge in [0.05, 0.1) is 5.71 Å². The normalized spacial score (nSPS) is 15.3. The number of para-hydroxylation sites is 1. The fourth-order valence-corrected chi connectivity index (χ4v) is 2.78. The molecule has 0 fully saturated rings. The first-order valence-electron chi connectivity index (χ1n) is 7.86. The molecule has 2 aromatic carbocycles. The zero-order valence-electron chi connectivity index (χ0n) is 13.2. The van der Waals surface area contributed by atoms with Crippen LogP contribution in [-0.2, 0) is 12.8 Å². The van der Waals surface area contributed by atoms with Crippen molar-refractivity contribution in [3.05, 3.63) is 65.2 Å². The van der Waals surface area contributed by atoms with Gasteiger partial charge in [-0.2, -0.15) is 5.10 Å². The van der Waals surface area contributed by atoms with Gasteiger partial charge in [0.25, 0.3) is 0 Å². The van der Waals surface area contributed by atoms with Crippen LogP contribution in [0.2, 0.25) is 0 Å². The third-order valence-electron chi connectivity index (χ3n) is 3.99. The topological polar surface area (TPSA) is 33.6 Å². The van der Waals surface area contributed by atoms with Crippen molar-refractivity contribution >= 4 is 5.71 Å². The van der Waals surface area contributed by atoms with Crippen LogP contribution in [0.1, 0.15) is 37.0 Å². The number of nitrogens with one attached hydrogen (secondary N) is 1. The number of fused-ring (bicyclic) bond motifs is 1. The summed E-state index contributed by atoms with van der Waals surface area (Å²) < 4.78 is 5.76. The number of aryl methyl sites for hydroxylation is 2. The molecule has 0 saturated heterocycles. The van der Waals surface area contributed by atoms with Crippen LogP contribution < -0.4 is 10.2 Å². The summed E-state index contributed by atoms with van der Waals surface area (Å²) in [6.45, 7) is 3.98. The minimum atomic E-state index is -0.174. The summed E-state index contributed by atoms with van der Waals surface area (Å²) >= 11 is 0. The minimum Gasteiger partial charge on any atom is -0.470 e. The Morgan fingerprint density at radius 1 is 1.09 bits per heavy atom. The number of hydrogen-bond donors (Lipinski definition) is 1. The minimum absolute atomic E-state index is 0.174. The van der Waals surface area contributed by atoms with Crippen molar-refractivity contribution < 1.29 is 4.74 Å². The van der Waals surface area contributed by atoms with E-state index in [1.54, 1.807) is 0 Å². The fraction of sp³-hybridized carbons (Fsp3) is 0.316. The highest BCUT2D eigenvalue weighted by atomic mass is 16.5. The molecule has 0 aromatic heterocycles. The molecule has 0 heterocycles. The SMILES string of the molecule is C/C(=N/N[C@@H](C)Oc1ccccc1)c1ccc2c(c1)CCC2. The van der Waals surface area contributed by atoms with Gasteiger partial charge in [-0.3, -0.25) is 5.43 Å². The highest BCUT2D eigenvalue weighted by Crippen LogP contribution is 2.23. The molecule has 1 N–H and O–H groups in total. The van der Waals surface area contributed by atoms with Crippen LogP contribution in [0.15, 0.2) is 53.6 Å². The Balaban J connectivity index is 1.62. The fourth-order valence-electron chi connectivity index (χ4n) is 2.78. The second kappa shape index (κ2) is 6.65. The average Bonchev–Trinajstić information content (AvgIpc) is 3.01. The lowest BCUT2D eigenvalue weighted by atomic mass is 10.0. The van der Waals surface area contributed by atoms with E-state index in [1.165, 1.54) is 36.0 Å². The molecule has 0 saturated carbocycles. The van der Waals surface area contributed by atoms with E-state index in [4.69, 9.17) is 4.74 Å². The molecular formula is C19H22N2O. The second-order valence-corrected chi connectivity index (χ2v) is 5.74. The largest absolute Gasteiger partial charge is 0.470 e. The molecule has 1 aliphatic rings. The van der Waals surface area contributed by atoms with Gasteiger partial charge in [-0.25, -0.2) is 0 Å². The molecule has 0 spiro atoms. The molecule has 114 valence electrons. The molecule has 3 nitrogen and oxygen atoms in total. The van der Waals surface area contributed by atoms with Crippen molar-refractivity contribution in [3.8, 4) is 5.75 Å². The monoisotopic (exact) mass is 294 g/mol. The molecule has 0 radical (unpaired) electrons. The maximum atomic E-state index is 5.76. The molecule has 0 amide bonds. The Hall–Kier alpha value is -2.29. The molecule has 0 unspecified atom stereocenters. The van der Waals surface area contributed by atoms with E-state index >= 15 is 0 Å². The number of benzene rings is 2. The lowest BCUT2D eigenvalue weighted by molar-refractivity contribution is 0.185. The first-order chi connectivity index (χ1) is 10.7. The quantitative estimate of drug-likeness (QED) is 0.515. The van der Waals surface area contributed by atoms with E-state index in [-0.39, 0.29) is 6.23 Å². The summed E-state index contributed by atoms with van der Waals surface area (Å²) in [6, 6.07) is 16.4. The van der Waals surface area contributed by atoms with Gasteiger partial charge in [-0.05, 0) is 68.0 Å². The van der Waals surface area contributed by atoms with Crippen LogP contribution >= 0.6 is 0 Å². The maximum Gasteiger partial charge on any atom is 0.181 e. The van der Waals surface area contributed by atoms with Crippen LogP contribution in [0.5, 0.6) is 5.75 Å². The zero-order valence-corrected chi connectivity index (χ0v) is 13.2. The van der Waals surface area contributed by atoms with Crippen molar-refractivity contribution in [3.63, 3.8) is 0 Å². The molecular weight excluding hydrogens is 272 g/mol. The van der Waals surface area contributed by atoms with Gasteiger partial charge in [0.15, 0.2) is 6.23 Å². The Kier molecular flexibility index (Phi) is 4.42. The Morgan fingerprint density at radius 3 is 2.68 bits per heavy atom. The molecule has 3 rings (SSSR count). The van der Waals surface area contributed by atoms with Crippen molar-refractivity contribution in [2.45, 2.75) is 39.3 Å². The number of hydrazone groups is 1. The highest BCUT2D eigenvalue weighted by Gasteiger charge is 2.11. The van der Waals surface area contributed by atoms with E-state index in [1.807, 2.05) is 44.2 Å². The van der Waals surface area contributed by atoms with Crippen molar-refractivity contribution in [1.29, 1.82) is 0 Å². The first-order valence-corrected chi connectivity index (χ1v) is 7.86. The molecule has 0 bridgehead atoms. The number of hydrogen-bond acceptors (Lipinski definition) is 3. The summed E-state index contributed by atoms with van der Waals surface area (Å²) in [5.41, 5.74) is 8.19. The lowest BCUT2D eigenvalue weighted by Gasteiger charge is -2.14. The summed E-state index contributed by atoms with van der Waals surface area (Å²) in [4.78, 5) is 0. The Morgan fingerprint density at radius 2 is 1.86 bits per heavy atom. The van der Waals surface area contributed by atoms with Crippen LogP contribution in [0.25, 0.3) is 0 Å². The van der Waals surface area contributed by atoms with E-state index < -0.39 is 0 Å². The number of rotatable bonds is 5. The van der Waals surface area contributed by atoms with Crippen LogP contribution in [0, 0.1) is 0 Å². The summed E-state index contributed by atoms with van der Waals surface area (Å²) in [6.07, 6.45) is 3.50. The van der Waals surface area contributed by atoms with Crippen LogP contribution in [0.4, 0.5) is 0 Å². The van der Waals surface area contributed by atoms with Gasteiger partial charge in [0, 0.05) is 0 Å². The van der Waals surface area contributed by atoms with Gasteiger partial charge < -0.3 is 4.74 Å². The van der Waals surface area contributed by atoms with Crippen molar-refractivity contribution in [1.82, 2.24) is 5.43 Å². The molecule has 1 atom stereocenters. The molecule has 22 heavy (non-hydrogen) atoms. The van der Waals surface area contributed by atoms with E-state index in [0.29, 0.717) is 0 Å². The zero-order chi connectivity index (χ0) is 15.4. The Bertz CT molecular complexity index is 664. The Labute approximate surface area is 132 Å². The summed E-state index contributed by atoms with van der Waals surface area (Å²) in [5, 5.41) is 4.46. The van der Waals surface area contributed by atoms with Gasteiger partial charge in [0.1, 0.15) is 5.75 Å². The van der Waals surface area contributed by atoms with Gasteiger partial charge >= 0.3 is 0 Å². The maximum absolute atomic E-state index is 5.76. The van der Waals surface area contributed by atoms with E-state index in [2.05, 4.69) is 28.7 Å². The van der Waals surface area contributed by atoms with Crippen LogP contribution in [-0.4, -0.2) is 11.9 Å². The third-order valence-corrected chi connectivity index (χ3v) is 3.99. The van der Waals surface area contributed by atoms with Gasteiger partial charge in [0.2, 0.25) is 0 Å². The van der Waals surface area contributed by atoms with Gasteiger partial charge in [-0.1, -0.05) is 30.3 Å². The van der Waals surface area contributed by atoms with E-state index in [0.717, 1.165) is 11.5 Å². The number of ether oxygens (including phenoxy) is 1. The number of nitrogens with zero attached hydrogens (tertiary/aromatic N) is 1. The average molecular weight is 294 g/mol. The van der Waals surface area contributed by atoms with Gasteiger partial charge in [-0.15, -0.1) is 0 Å². The molecule has 0 aliphatic heterocycles. The summed E-state index contributed by atoms with van der Waals surface area (Å²) in [7, 11) is 0.